The molecule has 4 rings (SSSR count). The zero-order valence-corrected chi connectivity index (χ0v) is 16.8. The van der Waals surface area contributed by atoms with E-state index in [1.54, 1.807) is 12.1 Å². The predicted octanol–water partition coefficient (Wildman–Crippen LogP) is 2.35. The van der Waals surface area contributed by atoms with Crippen molar-refractivity contribution in [2.24, 2.45) is 0 Å². The number of pyridine rings is 2. The maximum absolute atomic E-state index is 13.6. The number of alkyl halides is 1. The van der Waals surface area contributed by atoms with Gasteiger partial charge in [-0.3, -0.25) is 4.98 Å². The van der Waals surface area contributed by atoms with Gasteiger partial charge in [-0.1, -0.05) is 11.6 Å². The molecule has 0 aliphatic carbocycles. The van der Waals surface area contributed by atoms with Crippen molar-refractivity contribution in [3.05, 3.63) is 35.7 Å². The second kappa shape index (κ2) is 6.94. The fraction of sp³-hybridized carbons (Fsp3) is 0.353. The van der Waals surface area contributed by atoms with Crippen LogP contribution >= 0.6 is 11.6 Å². The normalized spacial score (nSPS) is 17.8. The fourth-order valence-corrected chi connectivity index (χ4v) is 4.13. The summed E-state index contributed by atoms with van der Waals surface area (Å²) in [6.45, 7) is 0.878. The van der Waals surface area contributed by atoms with Gasteiger partial charge in [0.25, 0.3) is 0 Å². The minimum absolute atomic E-state index is 0.293. The molecular weight excluding hydrogens is 407 g/mol. The van der Waals surface area contributed by atoms with Gasteiger partial charge in [-0.05, 0) is 18.6 Å². The summed E-state index contributed by atoms with van der Waals surface area (Å²) in [4.78, 5) is 10.8. The molecule has 1 atom stereocenters. The Morgan fingerprint density at radius 2 is 2.07 bits per heavy atom. The van der Waals surface area contributed by atoms with E-state index in [2.05, 4.69) is 15.1 Å². The highest BCUT2D eigenvalue weighted by atomic mass is 35.5. The van der Waals surface area contributed by atoms with Crippen LogP contribution < -0.4 is 4.90 Å². The summed E-state index contributed by atoms with van der Waals surface area (Å²) in [7, 11) is -0.899. The number of fused-ring (bicyclic) bond motifs is 1. The molecule has 148 valence electrons. The summed E-state index contributed by atoms with van der Waals surface area (Å²) >= 11 is 6.39. The number of nitrogens with zero attached hydrogens (tertiary/aromatic N) is 6. The van der Waals surface area contributed by atoms with E-state index in [4.69, 9.17) is 11.6 Å². The van der Waals surface area contributed by atoms with E-state index >= 15 is 0 Å². The smallest absolute Gasteiger partial charge is 0.322 e. The maximum Gasteiger partial charge on any atom is 0.322 e. The molecule has 0 N–H and O–H groups in total. The van der Waals surface area contributed by atoms with E-state index in [9.17, 15) is 12.8 Å². The summed E-state index contributed by atoms with van der Waals surface area (Å²) in [5.74, 6) is 0.631. The first-order chi connectivity index (χ1) is 13.3. The average Bonchev–Trinajstić information content (AvgIpc) is 3.30. The molecule has 0 bridgehead atoms. The molecule has 1 aliphatic heterocycles. The van der Waals surface area contributed by atoms with Crippen LogP contribution in [-0.2, 0) is 10.2 Å². The largest absolute Gasteiger partial charge is 0.354 e. The first kappa shape index (κ1) is 19.0. The first-order valence-electron chi connectivity index (χ1n) is 8.59. The standard InChI is InChI=1S/C17H18ClFN6O2S/c1-23(2)28(26,27)25-9-11(7-21-25)16-13(18)8-20-14-3-4-15(22-17(14)16)24-6-5-12(19)10-24/h3-4,7-9,12H,5-6,10H2,1-2H3. The van der Waals surface area contributed by atoms with Gasteiger partial charge in [-0.25, -0.2) is 9.37 Å². The molecule has 1 fully saturated rings. The van der Waals surface area contributed by atoms with E-state index in [0.717, 1.165) is 8.39 Å². The van der Waals surface area contributed by atoms with E-state index in [0.29, 0.717) is 52.5 Å². The van der Waals surface area contributed by atoms with Crippen molar-refractivity contribution in [3.8, 4) is 11.1 Å². The topological polar surface area (TPSA) is 84.2 Å². The van der Waals surface area contributed by atoms with Crippen molar-refractivity contribution in [2.75, 3.05) is 32.1 Å². The summed E-state index contributed by atoms with van der Waals surface area (Å²) in [6, 6.07) is 3.59. The molecule has 3 aromatic heterocycles. The second-order valence-electron chi connectivity index (χ2n) is 6.74. The minimum Gasteiger partial charge on any atom is -0.354 e. The van der Waals surface area contributed by atoms with Crippen molar-refractivity contribution in [2.45, 2.75) is 12.6 Å². The van der Waals surface area contributed by atoms with Crippen LogP contribution in [-0.4, -0.2) is 65.2 Å². The molecular formula is C17H18ClFN6O2S. The minimum atomic E-state index is -3.75. The average molecular weight is 425 g/mol. The highest BCUT2D eigenvalue weighted by Gasteiger charge is 2.24. The van der Waals surface area contributed by atoms with Crippen molar-refractivity contribution in [1.29, 1.82) is 0 Å². The molecule has 0 radical (unpaired) electrons. The molecule has 28 heavy (non-hydrogen) atoms. The molecule has 1 unspecified atom stereocenters. The third kappa shape index (κ3) is 3.21. The Labute approximate surface area is 166 Å². The predicted molar refractivity (Wildman–Crippen MR) is 105 cm³/mol. The van der Waals surface area contributed by atoms with Crippen molar-refractivity contribution >= 4 is 38.7 Å². The summed E-state index contributed by atoms with van der Waals surface area (Å²) in [5, 5.41) is 4.29. The van der Waals surface area contributed by atoms with Gasteiger partial charge in [0.05, 0.1) is 29.5 Å². The van der Waals surface area contributed by atoms with Gasteiger partial charge in [0.2, 0.25) is 0 Å². The molecule has 8 nitrogen and oxygen atoms in total. The van der Waals surface area contributed by atoms with Gasteiger partial charge in [0.1, 0.15) is 17.5 Å². The number of hydrogen-bond donors (Lipinski definition) is 0. The monoisotopic (exact) mass is 424 g/mol. The Balaban J connectivity index is 1.85. The summed E-state index contributed by atoms with van der Waals surface area (Å²) in [5.41, 5.74) is 2.14. The molecule has 0 amide bonds. The van der Waals surface area contributed by atoms with Crippen LogP contribution in [0.1, 0.15) is 6.42 Å². The van der Waals surface area contributed by atoms with Gasteiger partial charge in [0.15, 0.2) is 0 Å². The van der Waals surface area contributed by atoms with Crippen LogP contribution in [0.2, 0.25) is 5.02 Å². The Bertz CT molecular complexity index is 1150. The van der Waals surface area contributed by atoms with Crippen LogP contribution in [0.25, 0.3) is 22.2 Å². The SMILES string of the molecule is CN(C)S(=O)(=O)n1cc(-c2c(Cl)cnc3ccc(N4CCC(F)C4)nc23)cn1. The number of rotatable bonds is 4. The number of aromatic nitrogens is 4. The highest BCUT2D eigenvalue weighted by Crippen LogP contribution is 2.34. The van der Waals surface area contributed by atoms with E-state index in [-0.39, 0.29) is 0 Å². The van der Waals surface area contributed by atoms with Crippen LogP contribution in [0.4, 0.5) is 10.2 Å². The number of halogens is 2. The molecule has 0 aromatic carbocycles. The van der Waals surface area contributed by atoms with Gasteiger partial charge < -0.3 is 4.90 Å². The first-order valence-corrected chi connectivity index (χ1v) is 10.4. The lowest BCUT2D eigenvalue weighted by atomic mass is 10.1. The third-order valence-corrected chi connectivity index (χ3v) is 6.54. The van der Waals surface area contributed by atoms with E-state index < -0.39 is 16.4 Å². The quantitative estimate of drug-likeness (QED) is 0.639. The maximum atomic E-state index is 13.6. The molecule has 1 aliphatic rings. The Morgan fingerprint density at radius 1 is 1.29 bits per heavy atom. The van der Waals surface area contributed by atoms with Crippen molar-refractivity contribution in [1.82, 2.24) is 23.5 Å². The second-order valence-corrected chi connectivity index (χ2v) is 9.15. The van der Waals surface area contributed by atoms with Gasteiger partial charge in [-0.15, -0.1) is 0 Å². The fourth-order valence-electron chi connectivity index (χ4n) is 3.14. The van der Waals surface area contributed by atoms with Gasteiger partial charge >= 0.3 is 10.2 Å². The van der Waals surface area contributed by atoms with Crippen LogP contribution in [0.15, 0.2) is 30.7 Å². The van der Waals surface area contributed by atoms with Crippen LogP contribution in [0.3, 0.4) is 0 Å². The zero-order valence-electron chi connectivity index (χ0n) is 15.2. The Hall–Kier alpha value is -2.30. The molecule has 11 heteroatoms. The molecule has 4 heterocycles. The third-order valence-electron chi connectivity index (χ3n) is 4.65. The van der Waals surface area contributed by atoms with Crippen LogP contribution in [0.5, 0.6) is 0 Å². The lowest BCUT2D eigenvalue weighted by molar-refractivity contribution is 0.364. The van der Waals surface area contributed by atoms with E-state index in [1.807, 2.05) is 4.90 Å². The lowest BCUT2D eigenvalue weighted by Crippen LogP contribution is -2.29. The van der Waals surface area contributed by atoms with Gasteiger partial charge in [0, 0.05) is 38.0 Å². The highest BCUT2D eigenvalue weighted by molar-refractivity contribution is 7.87. The molecule has 3 aromatic rings. The molecule has 0 saturated carbocycles. The van der Waals surface area contributed by atoms with Crippen molar-refractivity contribution in [3.63, 3.8) is 0 Å². The number of anilines is 1. The summed E-state index contributed by atoms with van der Waals surface area (Å²) in [6.07, 6.45) is 3.90. The van der Waals surface area contributed by atoms with Gasteiger partial charge in [-0.2, -0.15) is 21.9 Å². The number of hydrogen-bond acceptors (Lipinski definition) is 6. The Kier molecular flexibility index (Phi) is 4.72. The molecule has 1 saturated heterocycles. The van der Waals surface area contributed by atoms with Crippen molar-refractivity contribution < 1.29 is 12.8 Å². The lowest BCUT2D eigenvalue weighted by Gasteiger charge is -2.17. The summed E-state index contributed by atoms with van der Waals surface area (Å²) < 4.78 is 40.1. The van der Waals surface area contributed by atoms with E-state index in [1.165, 1.54) is 32.7 Å². The van der Waals surface area contributed by atoms with Crippen LogP contribution in [0, 0.1) is 0 Å². The Morgan fingerprint density at radius 3 is 2.75 bits per heavy atom. The zero-order chi connectivity index (χ0) is 20.1. The molecule has 0 spiro atoms.